The first-order valence-corrected chi connectivity index (χ1v) is 10.7. The molecule has 1 N–H and O–H groups in total. The first kappa shape index (κ1) is 26.2. The van der Waals surface area contributed by atoms with Gasteiger partial charge < -0.3 is 19.7 Å². The van der Waals surface area contributed by atoms with Gasteiger partial charge in [0, 0.05) is 51.9 Å². The average Bonchev–Trinajstić information content (AvgIpc) is 2.76. The summed E-state index contributed by atoms with van der Waals surface area (Å²) in [5.41, 5.74) is -0.314. The molecule has 176 valence electrons. The Labute approximate surface area is 199 Å². The second-order valence-corrected chi connectivity index (χ2v) is 8.01. The number of nitrogens with zero attached hydrogens (tertiary/aromatic N) is 2. The lowest BCUT2D eigenvalue weighted by Gasteiger charge is -2.40. The van der Waals surface area contributed by atoms with Crippen LogP contribution in [0, 0.1) is 0 Å². The number of hydrogen-bond acceptors (Lipinski definition) is 3. The number of piperidine rings is 1. The number of benzene rings is 1. The van der Waals surface area contributed by atoms with Crippen LogP contribution in [0.3, 0.4) is 0 Å². The van der Waals surface area contributed by atoms with Crippen LogP contribution in [0.4, 0.5) is 13.2 Å². The van der Waals surface area contributed by atoms with E-state index in [1.807, 2.05) is 6.92 Å². The minimum Gasteiger partial charge on any atom is -0.381 e. The van der Waals surface area contributed by atoms with Crippen LogP contribution in [-0.2, 0) is 21.1 Å². The summed E-state index contributed by atoms with van der Waals surface area (Å²) in [6, 6.07) is 5.73. The Kier molecular flexibility index (Phi) is 9.88. The minimum absolute atomic E-state index is 0. The van der Waals surface area contributed by atoms with Crippen LogP contribution in [0.25, 0.3) is 0 Å². The van der Waals surface area contributed by atoms with Crippen LogP contribution < -0.4 is 5.32 Å². The second-order valence-electron chi connectivity index (χ2n) is 8.01. The summed E-state index contributed by atoms with van der Waals surface area (Å²) in [5, 5.41) is 3.45. The molecular formula is C22H33F3IN3O2. The standard InChI is InChI=1S/C22H32F3N3O2.HI/c1-3-30-19-7-11-28(12-8-19)20(26-2)27-16-21(9-13-29-14-10-21)17-5-4-6-18(15-17)22(23,24)25;/h4-6,15,19H,3,7-14,16H2,1-2H3,(H,26,27);1H. The predicted octanol–water partition coefficient (Wildman–Crippen LogP) is 4.45. The van der Waals surface area contributed by atoms with E-state index in [0.29, 0.717) is 38.2 Å². The fraction of sp³-hybridized carbons (Fsp3) is 0.682. The SMILES string of the molecule is CCOC1CCN(C(=NC)NCC2(c3cccc(C(F)(F)F)c3)CCOCC2)CC1.I. The summed E-state index contributed by atoms with van der Waals surface area (Å²) < 4.78 is 51.1. The van der Waals surface area contributed by atoms with E-state index in [9.17, 15) is 13.2 Å². The summed E-state index contributed by atoms with van der Waals surface area (Å²) in [6.45, 7) is 6.03. The quantitative estimate of drug-likeness (QED) is 0.332. The van der Waals surface area contributed by atoms with Gasteiger partial charge in [-0.05, 0) is 44.2 Å². The van der Waals surface area contributed by atoms with E-state index in [1.165, 1.54) is 12.1 Å². The van der Waals surface area contributed by atoms with Crippen LogP contribution in [0.1, 0.15) is 43.7 Å². The van der Waals surface area contributed by atoms with Gasteiger partial charge in [-0.25, -0.2) is 0 Å². The third-order valence-electron chi connectivity index (χ3n) is 6.19. The predicted molar refractivity (Wildman–Crippen MR) is 126 cm³/mol. The fourth-order valence-corrected chi connectivity index (χ4v) is 4.41. The molecule has 0 radical (unpaired) electrons. The minimum atomic E-state index is -4.35. The highest BCUT2D eigenvalue weighted by Crippen LogP contribution is 2.38. The van der Waals surface area contributed by atoms with Gasteiger partial charge in [-0.3, -0.25) is 4.99 Å². The number of aliphatic imine (C=N–C) groups is 1. The van der Waals surface area contributed by atoms with Crippen LogP contribution >= 0.6 is 24.0 Å². The van der Waals surface area contributed by atoms with Crippen molar-refractivity contribution in [2.24, 2.45) is 4.99 Å². The number of guanidine groups is 1. The fourth-order valence-electron chi connectivity index (χ4n) is 4.41. The molecule has 3 rings (SSSR count). The van der Waals surface area contributed by atoms with Gasteiger partial charge in [-0.15, -0.1) is 24.0 Å². The van der Waals surface area contributed by atoms with Crippen molar-refractivity contribution < 1.29 is 22.6 Å². The number of alkyl halides is 3. The van der Waals surface area contributed by atoms with Crippen molar-refractivity contribution in [1.29, 1.82) is 0 Å². The number of hydrogen-bond donors (Lipinski definition) is 1. The lowest BCUT2D eigenvalue weighted by molar-refractivity contribution is -0.137. The first-order valence-electron chi connectivity index (χ1n) is 10.7. The number of likely N-dealkylation sites (tertiary alicyclic amines) is 1. The topological polar surface area (TPSA) is 46.1 Å². The Bertz CT molecular complexity index is 716. The highest BCUT2D eigenvalue weighted by atomic mass is 127. The molecule has 9 heteroatoms. The molecule has 0 unspecified atom stereocenters. The summed E-state index contributed by atoms with van der Waals surface area (Å²) in [6.07, 6.45) is -0.828. The molecule has 31 heavy (non-hydrogen) atoms. The van der Waals surface area contributed by atoms with E-state index in [-0.39, 0.29) is 30.1 Å². The van der Waals surface area contributed by atoms with Gasteiger partial charge in [-0.1, -0.05) is 18.2 Å². The summed E-state index contributed by atoms with van der Waals surface area (Å²) in [7, 11) is 1.75. The summed E-state index contributed by atoms with van der Waals surface area (Å²) in [4.78, 5) is 6.63. The van der Waals surface area contributed by atoms with Gasteiger partial charge in [-0.2, -0.15) is 13.2 Å². The first-order chi connectivity index (χ1) is 14.4. The molecule has 0 saturated carbocycles. The van der Waals surface area contributed by atoms with E-state index in [2.05, 4.69) is 15.2 Å². The molecule has 0 atom stereocenters. The monoisotopic (exact) mass is 555 g/mol. The molecular weight excluding hydrogens is 522 g/mol. The van der Waals surface area contributed by atoms with E-state index in [0.717, 1.165) is 44.6 Å². The summed E-state index contributed by atoms with van der Waals surface area (Å²) in [5.74, 6) is 0.794. The highest BCUT2D eigenvalue weighted by Gasteiger charge is 2.38. The maximum Gasteiger partial charge on any atom is 0.416 e. The molecule has 0 aromatic heterocycles. The Hall–Kier alpha value is -1.07. The molecule has 5 nitrogen and oxygen atoms in total. The van der Waals surface area contributed by atoms with Gasteiger partial charge >= 0.3 is 6.18 Å². The van der Waals surface area contributed by atoms with Crippen LogP contribution in [-0.4, -0.2) is 63.5 Å². The largest absolute Gasteiger partial charge is 0.416 e. The molecule has 2 aliphatic rings. The van der Waals surface area contributed by atoms with Crippen molar-refractivity contribution in [2.45, 2.75) is 50.3 Å². The van der Waals surface area contributed by atoms with Gasteiger partial charge in [0.15, 0.2) is 5.96 Å². The molecule has 0 aliphatic carbocycles. The van der Waals surface area contributed by atoms with Crippen LogP contribution in [0.5, 0.6) is 0 Å². The Morgan fingerprint density at radius 3 is 2.52 bits per heavy atom. The second kappa shape index (κ2) is 11.7. The highest BCUT2D eigenvalue weighted by molar-refractivity contribution is 14.0. The molecule has 1 aromatic rings. The lowest BCUT2D eigenvalue weighted by atomic mass is 9.73. The van der Waals surface area contributed by atoms with E-state index in [1.54, 1.807) is 13.1 Å². The van der Waals surface area contributed by atoms with Crippen molar-refractivity contribution in [3.05, 3.63) is 35.4 Å². The normalized spacial score (nSPS) is 20.3. The zero-order valence-corrected chi connectivity index (χ0v) is 20.5. The van der Waals surface area contributed by atoms with Gasteiger partial charge in [0.25, 0.3) is 0 Å². The molecule has 2 aliphatic heterocycles. The van der Waals surface area contributed by atoms with Crippen molar-refractivity contribution in [3.63, 3.8) is 0 Å². The summed E-state index contributed by atoms with van der Waals surface area (Å²) >= 11 is 0. The van der Waals surface area contributed by atoms with Crippen LogP contribution in [0.15, 0.2) is 29.3 Å². The van der Waals surface area contributed by atoms with E-state index >= 15 is 0 Å². The van der Waals surface area contributed by atoms with Crippen LogP contribution in [0.2, 0.25) is 0 Å². The zero-order chi connectivity index (χ0) is 21.6. The van der Waals surface area contributed by atoms with Crippen molar-refractivity contribution in [1.82, 2.24) is 10.2 Å². The maximum absolute atomic E-state index is 13.3. The van der Waals surface area contributed by atoms with E-state index in [4.69, 9.17) is 9.47 Å². The van der Waals surface area contributed by atoms with Gasteiger partial charge in [0.1, 0.15) is 0 Å². The molecule has 1 aromatic carbocycles. The Balaban J connectivity index is 0.00000341. The number of ether oxygens (including phenoxy) is 2. The number of nitrogens with one attached hydrogen (secondary N) is 1. The van der Waals surface area contributed by atoms with E-state index < -0.39 is 17.2 Å². The molecule has 0 bridgehead atoms. The third kappa shape index (κ3) is 6.71. The average molecular weight is 555 g/mol. The maximum atomic E-state index is 13.3. The molecule has 0 amide bonds. The smallest absolute Gasteiger partial charge is 0.381 e. The van der Waals surface area contributed by atoms with Crippen molar-refractivity contribution in [3.8, 4) is 0 Å². The lowest BCUT2D eigenvalue weighted by Crippen LogP contribution is -2.51. The molecule has 2 fully saturated rings. The third-order valence-corrected chi connectivity index (χ3v) is 6.19. The molecule has 2 heterocycles. The zero-order valence-electron chi connectivity index (χ0n) is 18.2. The van der Waals surface area contributed by atoms with Crippen molar-refractivity contribution in [2.75, 3.05) is 46.5 Å². The van der Waals surface area contributed by atoms with Gasteiger partial charge in [0.05, 0.1) is 11.7 Å². The van der Waals surface area contributed by atoms with Crippen molar-refractivity contribution >= 4 is 29.9 Å². The molecule has 2 saturated heterocycles. The Morgan fingerprint density at radius 2 is 1.94 bits per heavy atom. The number of halogens is 4. The molecule has 0 spiro atoms. The van der Waals surface area contributed by atoms with Gasteiger partial charge in [0.2, 0.25) is 0 Å². The Morgan fingerprint density at radius 1 is 1.26 bits per heavy atom. The number of rotatable bonds is 5.